The first-order chi connectivity index (χ1) is 14.9. The van der Waals surface area contributed by atoms with Gasteiger partial charge in [-0.2, -0.15) is 0 Å². The summed E-state index contributed by atoms with van der Waals surface area (Å²) in [5.74, 6) is 0.188. The number of benzene rings is 3. The number of para-hydroxylation sites is 1. The lowest BCUT2D eigenvalue weighted by molar-refractivity contribution is -0.383. The molecule has 1 N–H and O–H groups in total. The van der Waals surface area contributed by atoms with E-state index >= 15 is 0 Å². The Morgan fingerprint density at radius 1 is 1.00 bits per heavy atom. The van der Waals surface area contributed by atoms with Crippen molar-refractivity contribution in [1.82, 2.24) is 0 Å². The second-order valence-corrected chi connectivity index (χ2v) is 7.20. The minimum atomic E-state index is -0.548. The highest BCUT2D eigenvalue weighted by Gasteiger charge is 2.37. The van der Waals surface area contributed by atoms with Crippen LogP contribution in [0, 0.1) is 16.0 Å². The van der Waals surface area contributed by atoms with Crippen LogP contribution in [0.4, 0.5) is 22.7 Å². The third-order valence-electron chi connectivity index (χ3n) is 4.92. The number of hydrogen-bond donors (Lipinski definition) is 1. The Morgan fingerprint density at radius 3 is 2.29 bits per heavy atom. The quantitative estimate of drug-likeness (QED) is 0.343. The van der Waals surface area contributed by atoms with Gasteiger partial charge in [-0.3, -0.25) is 24.6 Å². The smallest absolute Gasteiger partial charge is 0.294 e. The van der Waals surface area contributed by atoms with Gasteiger partial charge in [-0.25, -0.2) is 0 Å². The van der Waals surface area contributed by atoms with Gasteiger partial charge < -0.3 is 10.1 Å². The molecule has 2 amide bonds. The topological polar surface area (TPSA) is 102 Å². The zero-order valence-electron chi connectivity index (χ0n) is 16.6. The van der Waals surface area contributed by atoms with Crippen molar-refractivity contribution in [3.05, 3.63) is 82.9 Å². The average Bonchev–Trinajstić information content (AvgIpc) is 3.02. The maximum absolute atomic E-state index is 12.2. The number of nitro groups is 1. The second-order valence-electron chi connectivity index (χ2n) is 7.20. The first kappa shape index (κ1) is 20.1. The van der Waals surface area contributed by atoms with Crippen molar-refractivity contribution in [1.29, 1.82) is 0 Å². The summed E-state index contributed by atoms with van der Waals surface area (Å²) >= 11 is 0. The average molecular weight is 417 g/mol. The van der Waals surface area contributed by atoms with Crippen molar-refractivity contribution in [3.63, 3.8) is 0 Å². The predicted octanol–water partition coefficient (Wildman–Crippen LogP) is 5.03. The fourth-order valence-corrected chi connectivity index (χ4v) is 3.36. The molecule has 1 aliphatic heterocycles. The number of ether oxygens (including phenoxy) is 1. The SMILES string of the molecule is CC1CC(=O)N(c2ccc(Nc3ccc(Oc4ccccc4)cc3)c([N+](=O)[O-])c2)C1=O. The molecule has 0 saturated carbocycles. The third kappa shape index (κ3) is 4.23. The molecule has 0 spiro atoms. The van der Waals surface area contributed by atoms with Crippen molar-refractivity contribution in [2.75, 3.05) is 10.2 Å². The van der Waals surface area contributed by atoms with Gasteiger partial charge in [-0.1, -0.05) is 25.1 Å². The predicted molar refractivity (Wildman–Crippen MR) is 116 cm³/mol. The lowest BCUT2D eigenvalue weighted by atomic mass is 10.1. The van der Waals surface area contributed by atoms with E-state index in [1.807, 2.05) is 30.3 Å². The van der Waals surface area contributed by atoms with Gasteiger partial charge in [0.05, 0.1) is 10.6 Å². The first-order valence-corrected chi connectivity index (χ1v) is 9.67. The van der Waals surface area contributed by atoms with Gasteiger partial charge in [0.25, 0.3) is 5.69 Å². The molecule has 1 fully saturated rings. The Morgan fingerprint density at radius 2 is 1.68 bits per heavy atom. The van der Waals surface area contributed by atoms with Crippen molar-refractivity contribution >= 4 is 34.6 Å². The Labute approximate surface area is 178 Å². The minimum Gasteiger partial charge on any atom is -0.457 e. The molecule has 31 heavy (non-hydrogen) atoms. The van der Waals surface area contributed by atoms with Crippen LogP contribution in [0.15, 0.2) is 72.8 Å². The van der Waals surface area contributed by atoms with Crippen LogP contribution in [-0.2, 0) is 9.59 Å². The maximum atomic E-state index is 12.2. The summed E-state index contributed by atoms with van der Waals surface area (Å²) in [5.41, 5.74) is 0.835. The first-order valence-electron chi connectivity index (χ1n) is 9.67. The van der Waals surface area contributed by atoms with Crippen molar-refractivity contribution in [2.24, 2.45) is 5.92 Å². The summed E-state index contributed by atoms with van der Waals surface area (Å²) in [6.07, 6.45) is 0.101. The van der Waals surface area contributed by atoms with Crippen LogP contribution in [0.5, 0.6) is 11.5 Å². The fourth-order valence-electron chi connectivity index (χ4n) is 3.36. The third-order valence-corrected chi connectivity index (χ3v) is 4.92. The normalized spacial score (nSPS) is 15.8. The van der Waals surface area contributed by atoms with Gasteiger partial charge in [-0.15, -0.1) is 0 Å². The highest BCUT2D eigenvalue weighted by Crippen LogP contribution is 2.35. The summed E-state index contributed by atoms with van der Waals surface area (Å²) in [7, 11) is 0. The van der Waals surface area contributed by atoms with Gasteiger partial charge in [0.2, 0.25) is 11.8 Å². The molecule has 4 rings (SSSR count). The number of carbonyl (C=O) groups excluding carboxylic acids is 2. The maximum Gasteiger partial charge on any atom is 0.294 e. The molecule has 0 aromatic heterocycles. The monoisotopic (exact) mass is 417 g/mol. The highest BCUT2D eigenvalue weighted by molar-refractivity contribution is 6.21. The van der Waals surface area contributed by atoms with Crippen LogP contribution in [0.2, 0.25) is 0 Å². The zero-order chi connectivity index (χ0) is 22.0. The molecular formula is C23H19N3O5. The van der Waals surface area contributed by atoms with Crippen LogP contribution in [-0.4, -0.2) is 16.7 Å². The lowest BCUT2D eigenvalue weighted by Crippen LogP contribution is -2.30. The molecule has 156 valence electrons. The van der Waals surface area contributed by atoms with E-state index in [0.717, 1.165) is 4.90 Å². The van der Waals surface area contributed by atoms with E-state index in [0.29, 0.717) is 17.2 Å². The molecule has 1 aliphatic rings. The molecule has 1 saturated heterocycles. The van der Waals surface area contributed by atoms with Gasteiger partial charge in [0.1, 0.15) is 17.2 Å². The zero-order valence-corrected chi connectivity index (χ0v) is 16.6. The van der Waals surface area contributed by atoms with Crippen LogP contribution in [0.1, 0.15) is 13.3 Å². The van der Waals surface area contributed by atoms with E-state index in [1.165, 1.54) is 18.2 Å². The van der Waals surface area contributed by atoms with Gasteiger partial charge in [0.15, 0.2) is 0 Å². The van der Waals surface area contributed by atoms with Crippen LogP contribution in [0.3, 0.4) is 0 Å². The van der Waals surface area contributed by atoms with Crippen LogP contribution in [0.25, 0.3) is 0 Å². The van der Waals surface area contributed by atoms with E-state index in [-0.39, 0.29) is 35.3 Å². The molecule has 3 aromatic rings. The van der Waals surface area contributed by atoms with Crippen LogP contribution >= 0.6 is 0 Å². The van der Waals surface area contributed by atoms with E-state index in [4.69, 9.17) is 4.74 Å². The molecule has 1 unspecified atom stereocenters. The summed E-state index contributed by atoms with van der Waals surface area (Å²) in [6.45, 7) is 1.66. The summed E-state index contributed by atoms with van der Waals surface area (Å²) < 4.78 is 5.74. The van der Waals surface area contributed by atoms with Crippen molar-refractivity contribution < 1.29 is 19.2 Å². The molecular weight excluding hydrogens is 398 g/mol. The van der Waals surface area contributed by atoms with Crippen molar-refractivity contribution in [3.8, 4) is 11.5 Å². The molecule has 3 aromatic carbocycles. The van der Waals surface area contributed by atoms with E-state index in [1.54, 1.807) is 31.2 Å². The number of amides is 2. The summed E-state index contributed by atoms with van der Waals surface area (Å²) in [4.78, 5) is 36.5. The fraction of sp³-hybridized carbons (Fsp3) is 0.130. The second kappa shape index (κ2) is 8.27. The Bertz CT molecular complexity index is 1150. The molecule has 1 atom stereocenters. The number of rotatable bonds is 6. The number of imide groups is 1. The van der Waals surface area contributed by atoms with Crippen LogP contribution < -0.4 is 15.0 Å². The number of nitrogens with one attached hydrogen (secondary N) is 1. The number of carbonyl (C=O) groups is 2. The lowest BCUT2D eigenvalue weighted by Gasteiger charge is -2.16. The number of nitro benzene ring substituents is 1. The standard InChI is InChI=1S/C23H19N3O5/c1-15-13-22(27)25(23(15)28)17-9-12-20(21(14-17)26(29)30)24-16-7-10-19(11-8-16)31-18-5-3-2-4-6-18/h2-12,14-15,24H,13H2,1H3. The van der Waals surface area contributed by atoms with E-state index in [2.05, 4.69) is 5.32 Å². The van der Waals surface area contributed by atoms with Crippen molar-refractivity contribution in [2.45, 2.75) is 13.3 Å². The van der Waals surface area contributed by atoms with E-state index < -0.39 is 10.8 Å². The minimum absolute atomic E-state index is 0.101. The Hall–Kier alpha value is -4.20. The largest absolute Gasteiger partial charge is 0.457 e. The summed E-state index contributed by atoms with van der Waals surface area (Å²) in [6, 6.07) is 20.6. The molecule has 0 aliphatic carbocycles. The van der Waals surface area contributed by atoms with Gasteiger partial charge in [-0.05, 0) is 48.5 Å². The molecule has 8 nitrogen and oxygen atoms in total. The highest BCUT2D eigenvalue weighted by atomic mass is 16.6. The Balaban J connectivity index is 1.55. The number of anilines is 3. The molecule has 1 heterocycles. The van der Waals surface area contributed by atoms with Gasteiger partial charge in [0, 0.05) is 24.1 Å². The van der Waals surface area contributed by atoms with E-state index in [9.17, 15) is 19.7 Å². The number of nitrogens with zero attached hydrogens (tertiary/aromatic N) is 2. The Kier molecular flexibility index (Phi) is 5.36. The number of hydrogen-bond acceptors (Lipinski definition) is 6. The summed E-state index contributed by atoms with van der Waals surface area (Å²) in [5, 5.41) is 14.6. The van der Waals surface area contributed by atoms with Gasteiger partial charge >= 0.3 is 0 Å². The molecule has 0 radical (unpaired) electrons. The molecule has 8 heteroatoms. The molecule has 0 bridgehead atoms.